The van der Waals surface area contributed by atoms with Crippen LogP contribution < -0.4 is 5.32 Å². The molecule has 16 heavy (non-hydrogen) atoms. The van der Waals surface area contributed by atoms with Gasteiger partial charge in [-0.05, 0) is 18.2 Å². The van der Waals surface area contributed by atoms with E-state index in [2.05, 4.69) is 14.7 Å². The minimum atomic E-state index is -4.24. The summed E-state index contributed by atoms with van der Waals surface area (Å²) in [4.78, 5) is 0.232. The first-order valence-electron chi connectivity index (χ1n) is 3.93. The van der Waals surface area contributed by atoms with Crippen molar-refractivity contribution >= 4 is 27.8 Å². The molecular weight excluding hydrogens is 258 g/mol. The van der Waals surface area contributed by atoms with Gasteiger partial charge in [-0.3, -0.25) is 4.55 Å². The summed E-state index contributed by atoms with van der Waals surface area (Å²) in [6.45, 7) is 0. The molecule has 3 N–H and O–H groups in total. The Morgan fingerprint density at radius 1 is 1.44 bits per heavy atom. The number of rotatable bonds is 5. The third kappa shape index (κ3) is 3.33. The van der Waals surface area contributed by atoms with Crippen LogP contribution in [-0.4, -0.2) is 25.3 Å². The van der Waals surface area contributed by atoms with Gasteiger partial charge in [0.15, 0.2) is 0 Å². The van der Waals surface area contributed by atoms with E-state index in [1.54, 1.807) is 7.05 Å². The van der Waals surface area contributed by atoms with Crippen molar-refractivity contribution in [2.75, 3.05) is 12.4 Å². The highest BCUT2D eigenvalue weighted by atomic mass is 32.2. The zero-order chi connectivity index (χ0) is 12.2. The van der Waals surface area contributed by atoms with Crippen LogP contribution in [0, 0.1) is 0 Å². The average Bonchev–Trinajstić information content (AvgIpc) is 2.24. The summed E-state index contributed by atoms with van der Waals surface area (Å²) in [5, 5.41) is 14.1. The maximum atomic E-state index is 10.9. The molecule has 0 atom stereocenters. The quantitative estimate of drug-likeness (QED) is 0.318. The largest absolute Gasteiger partial charge is 0.387 e. The molecule has 90 valence electrons. The minimum absolute atomic E-state index is 0.244. The Balaban J connectivity index is 3.07. The lowest BCUT2D eigenvalue weighted by Crippen LogP contribution is -2.00. The predicted molar refractivity (Wildman–Crippen MR) is 56.5 cm³/mol. The highest BCUT2D eigenvalue weighted by Gasteiger charge is 2.13. The zero-order valence-corrected chi connectivity index (χ0v) is 9.71. The molecule has 1 rings (SSSR count). The molecule has 7 nitrogen and oxygen atoms in total. The van der Waals surface area contributed by atoms with Gasteiger partial charge in [0, 0.05) is 7.05 Å². The van der Waals surface area contributed by atoms with Crippen molar-refractivity contribution in [1.29, 1.82) is 0 Å². The normalized spacial score (nSPS) is 11.4. The van der Waals surface area contributed by atoms with Gasteiger partial charge in [0.25, 0.3) is 10.1 Å². The fourth-order valence-corrected chi connectivity index (χ4v) is 1.97. The van der Waals surface area contributed by atoms with Crippen LogP contribution in [0.3, 0.4) is 0 Å². The van der Waals surface area contributed by atoms with Gasteiger partial charge in [-0.2, -0.15) is 8.42 Å². The van der Waals surface area contributed by atoms with Crippen molar-refractivity contribution in [2.45, 2.75) is 9.79 Å². The lowest BCUT2D eigenvalue weighted by Gasteiger charge is -2.07. The highest BCUT2D eigenvalue weighted by Crippen LogP contribution is 2.29. The Labute approximate surface area is 96.2 Å². The van der Waals surface area contributed by atoms with Crippen LogP contribution in [0.15, 0.2) is 28.0 Å². The van der Waals surface area contributed by atoms with E-state index in [4.69, 9.17) is 9.81 Å². The fourth-order valence-electron chi connectivity index (χ4n) is 0.989. The van der Waals surface area contributed by atoms with E-state index in [0.29, 0.717) is 22.6 Å². The van der Waals surface area contributed by atoms with Crippen molar-refractivity contribution in [2.24, 2.45) is 0 Å². The van der Waals surface area contributed by atoms with Gasteiger partial charge >= 0.3 is 0 Å². The van der Waals surface area contributed by atoms with Crippen LogP contribution in [0.2, 0.25) is 0 Å². The summed E-state index contributed by atoms with van der Waals surface area (Å²) in [7, 11) is -2.68. The first-order valence-corrected chi connectivity index (χ1v) is 6.11. The first-order chi connectivity index (χ1) is 7.49. The van der Waals surface area contributed by atoms with E-state index in [0.717, 1.165) is 0 Å². The highest BCUT2D eigenvalue weighted by molar-refractivity contribution is 7.94. The number of nitrogens with one attached hydrogen (secondary N) is 1. The molecule has 1 aromatic rings. The lowest BCUT2D eigenvalue weighted by molar-refractivity contribution is -0.432. The fraction of sp³-hybridized carbons (Fsp3) is 0.143. The molecule has 0 aliphatic rings. The predicted octanol–water partition coefficient (Wildman–Crippen LogP) is 1.40. The minimum Gasteiger partial charge on any atom is -0.387 e. The summed E-state index contributed by atoms with van der Waals surface area (Å²) in [5.41, 5.74) is 0.400. The molecule has 0 saturated carbocycles. The Bertz CT molecular complexity index is 460. The third-order valence-corrected chi connectivity index (χ3v) is 3.19. The molecule has 0 unspecified atom stereocenters. The summed E-state index contributed by atoms with van der Waals surface area (Å²) >= 11 is 0.680. The molecule has 0 amide bonds. The molecule has 9 heteroatoms. The van der Waals surface area contributed by atoms with E-state index >= 15 is 0 Å². The van der Waals surface area contributed by atoms with E-state index < -0.39 is 10.1 Å². The molecule has 0 bridgehead atoms. The van der Waals surface area contributed by atoms with Crippen molar-refractivity contribution in [3.05, 3.63) is 18.2 Å². The summed E-state index contributed by atoms with van der Waals surface area (Å²) in [6.07, 6.45) is 0. The van der Waals surface area contributed by atoms with Crippen LogP contribution in [0.5, 0.6) is 0 Å². The van der Waals surface area contributed by atoms with Gasteiger partial charge in [0.2, 0.25) is 0 Å². The Morgan fingerprint density at radius 3 is 2.62 bits per heavy atom. The third-order valence-electron chi connectivity index (χ3n) is 1.67. The van der Waals surface area contributed by atoms with Gasteiger partial charge in [0.1, 0.15) is 0 Å². The summed E-state index contributed by atoms with van der Waals surface area (Å²) < 4.78 is 34.7. The van der Waals surface area contributed by atoms with Crippen LogP contribution in [0.25, 0.3) is 0 Å². The molecule has 0 saturated heterocycles. The van der Waals surface area contributed by atoms with Crippen LogP contribution in [0.4, 0.5) is 5.69 Å². The molecule has 0 heterocycles. The molecule has 0 aromatic heterocycles. The number of hydrogen-bond donors (Lipinski definition) is 3. The molecule has 0 spiro atoms. The molecule has 0 fully saturated rings. The Morgan fingerprint density at radius 2 is 2.12 bits per heavy atom. The number of hydrogen-bond acceptors (Lipinski definition) is 7. The van der Waals surface area contributed by atoms with Crippen LogP contribution >= 0.6 is 12.0 Å². The summed E-state index contributed by atoms with van der Waals surface area (Å²) in [6, 6.07) is 3.80. The number of benzene rings is 1. The topological polar surface area (TPSA) is 105 Å². The molecular formula is C7H9NO6S2. The van der Waals surface area contributed by atoms with Gasteiger partial charge in [-0.1, -0.05) is 5.04 Å². The monoisotopic (exact) mass is 267 g/mol. The van der Waals surface area contributed by atoms with Crippen molar-refractivity contribution in [1.82, 2.24) is 0 Å². The van der Waals surface area contributed by atoms with E-state index in [1.807, 2.05) is 0 Å². The summed E-state index contributed by atoms with van der Waals surface area (Å²) in [5.74, 6) is 0. The van der Waals surface area contributed by atoms with E-state index in [9.17, 15) is 8.42 Å². The van der Waals surface area contributed by atoms with Crippen LogP contribution in [0.1, 0.15) is 0 Å². The maximum absolute atomic E-state index is 10.9. The van der Waals surface area contributed by atoms with Crippen LogP contribution in [-0.2, 0) is 19.5 Å². The standard InChI is InChI=1S/C7H9NO6S2/c1-8-6-4-5(16(10,11)12)2-3-7(6)15-14-13-9/h2-4,8-9H,1H3,(H,10,11,12). The molecule has 0 radical (unpaired) electrons. The maximum Gasteiger partial charge on any atom is 0.294 e. The van der Waals surface area contributed by atoms with Gasteiger partial charge in [-0.15, -0.1) is 4.33 Å². The van der Waals surface area contributed by atoms with Gasteiger partial charge < -0.3 is 5.32 Å². The van der Waals surface area contributed by atoms with E-state index in [-0.39, 0.29) is 4.90 Å². The average molecular weight is 267 g/mol. The van der Waals surface area contributed by atoms with Crippen molar-refractivity contribution in [3.63, 3.8) is 0 Å². The Hall–Kier alpha value is -0.840. The SMILES string of the molecule is CNc1cc(S(=O)(=O)O)ccc1SOOO. The zero-order valence-electron chi connectivity index (χ0n) is 8.08. The Kier molecular flexibility index (Phi) is 4.53. The second kappa shape index (κ2) is 5.48. The lowest BCUT2D eigenvalue weighted by atomic mass is 10.3. The molecule has 1 aromatic carbocycles. The van der Waals surface area contributed by atoms with Crippen molar-refractivity contribution in [3.8, 4) is 0 Å². The van der Waals surface area contributed by atoms with Gasteiger partial charge in [-0.25, -0.2) is 5.26 Å². The molecule has 0 aliphatic heterocycles. The smallest absolute Gasteiger partial charge is 0.294 e. The molecule has 0 aliphatic carbocycles. The second-order valence-corrected chi connectivity index (χ2v) is 4.77. The van der Waals surface area contributed by atoms with E-state index in [1.165, 1.54) is 18.2 Å². The second-order valence-electron chi connectivity index (χ2n) is 2.61. The first kappa shape index (κ1) is 13.2. The van der Waals surface area contributed by atoms with Crippen molar-refractivity contribution < 1.29 is 27.6 Å². The van der Waals surface area contributed by atoms with Gasteiger partial charge in [0.05, 0.1) is 27.5 Å². The number of anilines is 1.